The molecule has 1 aliphatic carbocycles. The van der Waals surface area contributed by atoms with Crippen molar-refractivity contribution in [3.63, 3.8) is 0 Å². The molecular formula is C17H19F3N2O3. The molecule has 1 aromatic rings. The van der Waals surface area contributed by atoms with Gasteiger partial charge in [-0.05, 0) is 31.4 Å². The van der Waals surface area contributed by atoms with Gasteiger partial charge in [-0.2, -0.15) is 13.2 Å². The molecule has 5 nitrogen and oxygen atoms in total. The fourth-order valence-corrected chi connectivity index (χ4v) is 3.31. The predicted molar refractivity (Wildman–Crippen MR) is 83.1 cm³/mol. The molecule has 1 fully saturated rings. The molecule has 1 atom stereocenters. The summed E-state index contributed by atoms with van der Waals surface area (Å²) in [4.78, 5) is 25.5. The number of fused-ring (bicyclic) bond motifs is 1. The van der Waals surface area contributed by atoms with Gasteiger partial charge in [0.1, 0.15) is 0 Å². The quantitative estimate of drug-likeness (QED) is 0.867. The summed E-state index contributed by atoms with van der Waals surface area (Å²) >= 11 is 0. The fraction of sp³-hybridized carbons (Fsp3) is 0.529. The Morgan fingerprint density at radius 3 is 2.64 bits per heavy atom. The summed E-state index contributed by atoms with van der Waals surface area (Å²) in [5.74, 6) is -2.89. The number of benzene rings is 1. The summed E-state index contributed by atoms with van der Waals surface area (Å²) in [5.41, 5.74) is 0.609. The molecule has 1 heterocycles. The molecule has 1 aliphatic heterocycles. The van der Waals surface area contributed by atoms with Crippen LogP contribution in [0.1, 0.15) is 40.2 Å². The van der Waals surface area contributed by atoms with Crippen LogP contribution in [0.3, 0.4) is 0 Å². The average molecular weight is 356 g/mol. The van der Waals surface area contributed by atoms with Crippen LogP contribution >= 0.6 is 0 Å². The molecular weight excluding hydrogens is 337 g/mol. The Bertz CT molecular complexity index is 699. The molecule has 0 bridgehead atoms. The lowest BCUT2D eigenvalue weighted by Gasteiger charge is -2.36. The first-order valence-electron chi connectivity index (χ1n) is 8.09. The van der Waals surface area contributed by atoms with Gasteiger partial charge in [0, 0.05) is 18.2 Å². The topological polar surface area (TPSA) is 69.6 Å². The normalized spacial score (nSPS) is 26.0. The van der Waals surface area contributed by atoms with Crippen molar-refractivity contribution in [1.82, 2.24) is 10.2 Å². The minimum atomic E-state index is -4.50. The summed E-state index contributed by atoms with van der Waals surface area (Å²) < 4.78 is 40.3. The Balaban J connectivity index is 1.78. The number of nitrogens with one attached hydrogen (secondary N) is 1. The average Bonchev–Trinajstić information content (AvgIpc) is 2.47. The number of alkyl halides is 3. The van der Waals surface area contributed by atoms with Crippen LogP contribution in [0.2, 0.25) is 0 Å². The van der Waals surface area contributed by atoms with Crippen molar-refractivity contribution < 1.29 is 27.9 Å². The van der Waals surface area contributed by atoms with Crippen LogP contribution in [0.15, 0.2) is 18.2 Å². The summed E-state index contributed by atoms with van der Waals surface area (Å²) in [7, 11) is 0. The highest BCUT2D eigenvalue weighted by Crippen LogP contribution is 2.40. The lowest BCUT2D eigenvalue weighted by Crippen LogP contribution is -2.52. The number of carbonyl (C=O) groups excluding carboxylic acids is 2. The first kappa shape index (κ1) is 17.7. The number of aryl methyl sites for hydroxylation is 1. The Kier molecular flexibility index (Phi) is 4.49. The highest BCUT2D eigenvalue weighted by molar-refractivity contribution is 5.99. The molecule has 0 radical (unpaired) electrons. The maximum atomic E-state index is 13.4. The van der Waals surface area contributed by atoms with Crippen molar-refractivity contribution in [3.05, 3.63) is 34.9 Å². The molecule has 3 rings (SSSR count). The number of aliphatic hydroxyl groups excluding tert-OH is 1. The minimum Gasteiger partial charge on any atom is -0.393 e. The molecule has 1 saturated carbocycles. The summed E-state index contributed by atoms with van der Waals surface area (Å²) in [5, 5.41) is 11.8. The molecule has 25 heavy (non-hydrogen) atoms. The molecule has 0 saturated heterocycles. The first-order valence-corrected chi connectivity index (χ1v) is 8.09. The van der Waals surface area contributed by atoms with Crippen LogP contribution in [0.5, 0.6) is 0 Å². The standard InChI is InChI=1S/C17H19F3N2O3/c1-9-2-3-12-13(4-9)14(17(18,19)20)7-22(16(12)25)8-15(24)21-10-5-11(23)6-10/h2-4,10-11,14,23H,5-8H2,1H3,(H,21,24). The minimum absolute atomic E-state index is 0.00830. The SMILES string of the molecule is Cc1ccc2c(c1)C(C(F)(F)F)CN(CC(=O)NC1CC(O)C1)C2=O. The molecule has 0 aromatic heterocycles. The van der Waals surface area contributed by atoms with Crippen molar-refractivity contribution in [2.75, 3.05) is 13.1 Å². The van der Waals surface area contributed by atoms with Crippen LogP contribution in [0, 0.1) is 6.92 Å². The number of rotatable bonds is 3. The van der Waals surface area contributed by atoms with Crippen LogP contribution in [-0.4, -0.2) is 53.2 Å². The van der Waals surface area contributed by atoms with E-state index in [2.05, 4.69) is 5.32 Å². The van der Waals surface area contributed by atoms with Gasteiger partial charge in [0.25, 0.3) is 5.91 Å². The smallest absolute Gasteiger partial charge is 0.393 e. The van der Waals surface area contributed by atoms with Gasteiger partial charge in [-0.3, -0.25) is 9.59 Å². The van der Waals surface area contributed by atoms with Gasteiger partial charge in [0.15, 0.2) is 0 Å². The molecule has 1 aromatic carbocycles. The lowest BCUT2D eigenvalue weighted by atomic mass is 9.87. The van der Waals surface area contributed by atoms with Gasteiger partial charge in [-0.1, -0.05) is 17.7 Å². The largest absolute Gasteiger partial charge is 0.397 e. The molecule has 2 aliphatic rings. The van der Waals surface area contributed by atoms with Gasteiger partial charge in [-0.15, -0.1) is 0 Å². The Morgan fingerprint density at radius 1 is 1.36 bits per heavy atom. The van der Waals surface area contributed by atoms with E-state index in [1.807, 2.05) is 0 Å². The third kappa shape index (κ3) is 3.63. The van der Waals surface area contributed by atoms with Crippen molar-refractivity contribution in [2.24, 2.45) is 0 Å². The number of carbonyl (C=O) groups is 2. The van der Waals surface area contributed by atoms with Gasteiger partial charge in [0.05, 0.1) is 18.6 Å². The van der Waals surface area contributed by atoms with Crippen LogP contribution < -0.4 is 5.32 Å². The van der Waals surface area contributed by atoms with E-state index in [0.717, 1.165) is 4.90 Å². The van der Waals surface area contributed by atoms with Crippen LogP contribution in [-0.2, 0) is 4.79 Å². The van der Waals surface area contributed by atoms with Gasteiger partial charge < -0.3 is 15.3 Å². The molecule has 136 valence electrons. The zero-order valence-electron chi connectivity index (χ0n) is 13.6. The van der Waals surface area contributed by atoms with Gasteiger partial charge in [0.2, 0.25) is 5.91 Å². The van der Waals surface area contributed by atoms with Crippen molar-refractivity contribution in [2.45, 2.75) is 44.0 Å². The Labute approximate surface area is 142 Å². The Morgan fingerprint density at radius 2 is 2.04 bits per heavy atom. The molecule has 2 amide bonds. The number of hydrogen-bond acceptors (Lipinski definition) is 3. The van der Waals surface area contributed by atoms with E-state index in [0.29, 0.717) is 18.4 Å². The van der Waals surface area contributed by atoms with Crippen LogP contribution in [0.25, 0.3) is 0 Å². The van der Waals surface area contributed by atoms with Crippen LogP contribution in [0.4, 0.5) is 13.2 Å². The van der Waals surface area contributed by atoms with E-state index in [9.17, 15) is 27.9 Å². The van der Waals surface area contributed by atoms with E-state index >= 15 is 0 Å². The Hall–Kier alpha value is -2.09. The number of amides is 2. The van der Waals surface area contributed by atoms with Crippen molar-refractivity contribution in [3.8, 4) is 0 Å². The van der Waals surface area contributed by atoms with Gasteiger partial charge >= 0.3 is 6.18 Å². The molecule has 0 spiro atoms. The molecule has 1 unspecified atom stereocenters. The summed E-state index contributed by atoms with van der Waals surface area (Å²) in [6, 6.07) is 4.18. The fourth-order valence-electron chi connectivity index (χ4n) is 3.31. The lowest BCUT2D eigenvalue weighted by molar-refractivity contribution is -0.155. The maximum Gasteiger partial charge on any atom is 0.397 e. The zero-order chi connectivity index (χ0) is 18.4. The van der Waals surface area contributed by atoms with E-state index in [4.69, 9.17) is 0 Å². The van der Waals surface area contributed by atoms with E-state index < -0.39 is 43.1 Å². The number of halogens is 3. The zero-order valence-corrected chi connectivity index (χ0v) is 13.6. The van der Waals surface area contributed by atoms with E-state index in [1.165, 1.54) is 12.1 Å². The molecule has 8 heteroatoms. The van der Waals surface area contributed by atoms with Crippen molar-refractivity contribution >= 4 is 11.8 Å². The number of hydrogen-bond donors (Lipinski definition) is 2. The summed E-state index contributed by atoms with van der Waals surface area (Å²) in [6.07, 6.45) is -4.11. The third-order valence-corrected chi connectivity index (χ3v) is 4.71. The van der Waals surface area contributed by atoms with Gasteiger partial charge in [-0.25, -0.2) is 0 Å². The second kappa shape index (κ2) is 6.33. The van der Waals surface area contributed by atoms with E-state index in [1.54, 1.807) is 13.0 Å². The predicted octanol–water partition coefficient (Wildman–Crippen LogP) is 1.74. The monoisotopic (exact) mass is 356 g/mol. The third-order valence-electron chi connectivity index (χ3n) is 4.71. The second-order valence-electron chi connectivity index (χ2n) is 6.76. The van der Waals surface area contributed by atoms with E-state index in [-0.39, 0.29) is 17.2 Å². The molecule has 2 N–H and O–H groups in total. The highest BCUT2D eigenvalue weighted by atomic mass is 19.4. The maximum absolute atomic E-state index is 13.4. The summed E-state index contributed by atoms with van der Waals surface area (Å²) in [6.45, 7) is 0.676. The second-order valence-corrected chi connectivity index (χ2v) is 6.76. The van der Waals surface area contributed by atoms with Crippen molar-refractivity contribution in [1.29, 1.82) is 0 Å². The highest BCUT2D eigenvalue weighted by Gasteiger charge is 2.47. The number of nitrogens with zero attached hydrogens (tertiary/aromatic N) is 1. The number of aliphatic hydroxyl groups is 1. The first-order chi connectivity index (χ1) is 11.6.